The van der Waals surface area contributed by atoms with Crippen LogP contribution in [0.15, 0.2) is 66.9 Å². The Hall–Kier alpha value is -3.21. The van der Waals surface area contributed by atoms with E-state index in [9.17, 15) is 4.79 Å². The molecule has 5 heteroatoms. The van der Waals surface area contributed by atoms with Crippen LogP contribution in [0.4, 0.5) is 0 Å². The molecule has 1 aromatic heterocycles. The van der Waals surface area contributed by atoms with Crippen molar-refractivity contribution in [2.75, 3.05) is 6.61 Å². The molecule has 0 atom stereocenters. The van der Waals surface area contributed by atoms with Gasteiger partial charge in [0.1, 0.15) is 11.4 Å². The van der Waals surface area contributed by atoms with Crippen LogP contribution in [0.2, 0.25) is 0 Å². The zero-order chi connectivity index (χ0) is 16.8. The van der Waals surface area contributed by atoms with E-state index >= 15 is 0 Å². The summed E-state index contributed by atoms with van der Waals surface area (Å²) in [6, 6.07) is 17.0. The third-order valence-corrected chi connectivity index (χ3v) is 3.42. The van der Waals surface area contributed by atoms with Gasteiger partial charge in [0, 0.05) is 0 Å². The number of hydrogen-bond donors (Lipinski definition) is 0. The zero-order valence-corrected chi connectivity index (χ0v) is 13.3. The molecule has 120 valence electrons. The molecule has 0 radical (unpaired) electrons. The van der Waals surface area contributed by atoms with Gasteiger partial charge in [0.05, 0.1) is 18.5 Å². The Morgan fingerprint density at radius 3 is 2.58 bits per heavy atom. The van der Waals surface area contributed by atoms with Gasteiger partial charge in [-0.3, -0.25) is 4.79 Å². The summed E-state index contributed by atoms with van der Waals surface area (Å²) < 4.78 is 6.93. The highest BCUT2D eigenvalue weighted by atomic mass is 16.5. The number of para-hydroxylation sites is 1. The van der Waals surface area contributed by atoms with E-state index in [-0.39, 0.29) is 5.78 Å². The Labute approximate surface area is 140 Å². The van der Waals surface area contributed by atoms with Gasteiger partial charge in [0.25, 0.3) is 0 Å². The Morgan fingerprint density at radius 1 is 1.12 bits per heavy atom. The van der Waals surface area contributed by atoms with Crippen LogP contribution >= 0.6 is 0 Å². The minimum atomic E-state index is -0.155. The van der Waals surface area contributed by atoms with Crippen LogP contribution in [0.5, 0.6) is 5.75 Å². The van der Waals surface area contributed by atoms with Crippen molar-refractivity contribution in [3.63, 3.8) is 0 Å². The minimum absolute atomic E-state index is 0.155. The SMILES string of the molecule is CCOc1ccc(/C=C/C(=O)c2cnnn2-c2ccccc2)cc1. The molecule has 0 aliphatic carbocycles. The van der Waals surface area contributed by atoms with Gasteiger partial charge in [-0.15, -0.1) is 5.10 Å². The van der Waals surface area contributed by atoms with Gasteiger partial charge in [-0.1, -0.05) is 41.6 Å². The summed E-state index contributed by atoms with van der Waals surface area (Å²) in [6.07, 6.45) is 4.76. The smallest absolute Gasteiger partial charge is 0.205 e. The maximum Gasteiger partial charge on any atom is 0.205 e. The van der Waals surface area contributed by atoms with Crippen molar-refractivity contribution in [1.82, 2.24) is 15.0 Å². The van der Waals surface area contributed by atoms with E-state index in [0.717, 1.165) is 17.0 Å². The molecule has 0 N–H and O–H groups in total. The lowest BCUT2D eigenvalue weighted by Gasteiger charge is -2.03. The maximum atomic E-state index is 12.4. The predicted octanol–water partition coefficient (Wildman–Crippen LogP) is 3.56. The summed E-state index contributed by atoms with van der Waals surface area (Å²) in [4.78, 5) is 12.4. The number of carbonyl (C=O) groups is 1. The Balaban J connectivity index is 1.77. The summed E-state index contributed by atoms with van der Waals surface area (Å²) in [5, 5.41) is 7.84. The Morgan fingerprint density at radius 2 is 1.88 bits per heavy atom. The number of rotatable bonds is 6. The Bertz CT molecular complexity index is 837. The largest absolute Gasteiger partial charge is 0.494 e. The lowest BCUT2D eigenvalue weighted by Crippen LogP contribution is -2.06. The molecule has 0 amide bonds. The minimum Gasteiger partial charge on any atom is -0.494 e. The van der Waals surface area contributed by atoms with Gasteiger partial charge in [-0.25, -0.2) is 4.68 Å². The molecule has 1 heterocycles. The topological polar surface area (TPSA) is 57.0 Å². The highest BCUT2D eigenvalue weighted by Gasteiger charge is 2.11. The zero-order valence-electron chi connectivity index (χ0n) is 13.3. The molecule has 0 saturated carbocycles. The first-order valence-electron chi connectivity index (χ1n) is 7.69. The third-order valence-electron chi connectivity index (χ3n) is 3.42. The van der Waals surface area contributed by atoms with Crippen LogP contribution < -0.4 is 4.74 Å². The van der Waals surface area contributed by atoms with Gasteiger partial charge < -0.3 is 4.74 Å². The molecule has 0 fully saturated rings. The number of nitrogens with zero attached hydrogens (tertiary/aromatic N) is 3. The molecular weight excluding hydrogens is 302 g/mol. The lowest BCUT2D eigenvalue weighted by atomic mass is 10.1. The van der Waals surface area contributed by atoms with E-state index < -0.39 is 0 Å². The lowest BCUT2D eigenvalue weighted by molar-refractivity contribution is 0.104. The molecule has 3 rings (SSSR count). The number of hydrogen-bond acceptors (Lipinski definition) is 4. The molecule has 3 aromatic rings. The standard InChI is InChI=1S/C19H17N3O2/c1-2-24-17-11-8-15(9-12-17)10-13-19(23)18-14-20-21-22(18)16-6-4-3-5-7-16/h3-14H,2H2,1H3/b13-10+. The average molecular weight is 319 g/mol. The van der Waals surface area contributed by atoms with Crippen LogP contribution in [0.3, 0.4) is 0 Å². The maximum absolute atomic E-state index is 12.4. The fraction of sp³-hybridized carbons (Fsp3) is 0.105. The highest BCUT2D eigenvalue weighted by Crippen LogP contribution is 2.14. The second-order valence-corrected chi connectivity index (χ2v) is 5.07. The second kappa shape index (κ2) is 7.37. The van der Waals surface area contributed by atoms with Crippen molar-refractivity contribution in [2.24, 2.45) is 0 Å². The monoisotopic (exact) mass is 319 g/mol. The molecule has 0 aliphatic rings. The summed E-state index contributed by atoms with van der Waals surface area (Å²) in [5.41, 5.74) is 2.14. The van der Waals surface area contributed by atoms with Crippen molar-refractivity contribution in [1.29, 1.82) is 0 Å². The fourth-order valence-corrected chi connectivity index (χ4v) is 2.26. The molecule has 0 aliphatic heterocycles. The van der Waals surface area contributed by atoms with Gasteiger partial charge in [0.15, 0.2) is 0 Å². The second-order valence-electron chi connectivity index (χ2n) is 5.07. The van der Waals surface area contributed by atoms with Crippen molar-refractivity contribution < 1.29 is 9.53 Å². The quantitative estimate of drug-likeness (QED) is 0.515. The van der Waals surface area contributed by atoms with E-state index in [0.29, 0.717) is 12.3 Å². The first kappa shape index (κ1) is 15.7. The van der Waals surface area contributed by atoms with E-state index in [2.05, 4.69) is 10.3 Å². The van der Waals surface area contributed by atoms with E-state index in [1.54, 1.807) is 6.08 Å². The van der Waals surface area contributed by atoms with E-state index in [4.69, 9.17) is 4.74 Å². The van der Waals surface area contributed by atoms with Crippen LogP contribution in [0, 0.1) is 0 Å². The Kier molecular flexibility index (Phi) is 4.81. The average Bonchev–Trinajstić information content (AvgIpc) is 3.12. The number of aromatic nitrogens is 3. The molecule has 24 heavy (non-hydrogen) atoms. The highest BCUT2D eigenvalue weighted by molar-refractivity contribution is 6.05. The van der Waals surface area contributed by atoms with Crippen LogP contribution in [0.1, 0.15) is 23.0 Å². The van der Waals surface area contributed by atoms with Gasteiger partial charge in [-0.05, 0) is 42.8 Å². The predicted molar refractivity (Wildman–Crippen MR) is 92.3 cm³/mol. The van der Waals surface area contributed by atoms with E-state index in [1.807, 2.05) is 61.5 Å². The van der Waals surface area contributed by atoms with Crippen molar-refractivity contribution in [2.45, 2.75) is 6.92 Å². The molecule has 0 bridgehead atoms. The van der Waals surface area contributed by atoms with Gasteiger partial charge in [-0.2, -0.15) is 0 Å². The first-order chi connectivity index (χ1) is 11.8. The van der Waals surface area contributed by atoms with Crippen LogP contribution in [-0.2, 0) is 0 Å². The molecule has 5 nitrogen and oxygen atoms in total. The van der Waals surface area contributed by atoms with Crippen molar-refractivity contribution in [3.8, 4) is 11.4 Å². The van der Waals surface area contributed by atoms with Crippen LogP contribution in [0.25, 0.3) is 11.8 Å². The summed E-state index contributed by atoms with van der Waals surface area (Å²) in [7, 11) is 0. The molecular formula is C19H17N3O2. The summed E-state index contributed by atoms with van der Waals surface area (Å²) >= 11 is 0. The normalized spacial score (nSPS) is 10.9. The molecule has 2 aromatic carbocycles. The van der Waals surface area contributed by atoms with Crippen LogP contribution in [-0.4, -0.2) is 27.4 Å². The summed E-state index contributed by atoms with van der Waals surface area (Å²) in [6.45, 7) is 2.57. The van der Waals surface area contributed by atoms with Crippen molar-refractivity contribution in [3.05, 3.63) is 78.1 Å². The number of allylic oxidation sites excluding steroid dienone is 1. The van der Waals surface area contributed by atoms with Gasteiger partial charge >= 0.3 is 0 Å². The van der Waals surface area contributed by atoms with Gasteiger partial charge in [0.2, 0.25) is 5.78 Å². The number of benzene rings is 2. The number of carbonyl (C=O) groups excluding carboxylic acids is 1. The first-order valence-corrected chi connectivity index (χ1v) is 7.69. The number of ether oxygens (including phenoxy) is 1. The molecule has 0 saturated heterocycles. The molecule has 0 unspecified atom stereocenters. The third kappa shape index (κ3) is 3.57. The van der Waals surface area contributed by atoms with E-state index in [1.165, 1.54) is 17.0 Å². The fourth-order valence-electron chi connectivity index (χ4n) is 2.26. The number of ketones is 1. The van der Waals surface area contributed by atoms with Crippen molar-refractivity contribution >= 4 is 11.9 Å². The molecule has 0 spiro atoms. The summed E-state index contributed by atoms with van der Waals surface area (Å²) in [5.74, 6) is 0.657.